The van der Waals surface area contributed by atoms with Crippen LogP contribution in [-0.2, 0) is 11.8 Å². The smallest absolute Gasteiger partial charge is 0.242 e. The zero-order valence-corrected chi connectivity index (χ0v) is 11.6. The maximum atomic E-state index is 11.9. The molecule has 0 bridgehead atoms. The van der Waals surface area contributed by atoms with Gasteiger partial charge in [0.25, 0.3) is 0 Å². The average Bonchev–Trinajstić information content (AvgIpc) is 2.71. The molecule has 1 amide bonds. The van der Waals surface area contributed by atoms with E-state index in [1.54, 1.807) is 19.4 Å². The van der Waals surface area contributed by atoms with Gasteiger partial charge in [-0.15, -0.1) is 0 Å². The Kier molecular flexibility index (Phi) is 3.69. The van der Waals surface area contributed by atoms with Gasteiger partial charge in [-0.05, 0) is 26.8 Å². The van der Waals surface area contributed by atoms with Gasteiger partial charge in [0.05, 0.1) is 11.8 Å². The van der Waals surface area contributed by atoms with E-state index in [-0.39, 0.29) is 18.0 Å². The van der Waals surface area contributed by atoms with Gasteiger partial charge in [-0.2, -0.15) is 0 Å². The molecule has 6 heteroatoms. The number of pyridine rings is 1. The van der Waals surface area contributed by atoms with Crippen molar-refractivity contribution in [3.8, 4) is 0 Å². The molecule has 0 spiro atoms. The molecule has 0 aliphatic heterocycles. The predicted octanol–water partition coefficient (Wildman–Crippen LogP) is 1.29. The zero-order chi connectivity index (χ0) is 14.0. The Morgan fingerprint density at radius 1 is 1.32 bits per heavy atom. The molecule has 2 N–H and O–H groups in total. The van der Waals surface area contributed by atoms with E-state index < -0.39 is 0 Å². The molecule has 102 valence electrons. The Labute approximate surface area is 112 Å². The zero-order valence-electron chi connectivity index (χ0n) is 11.6. The van der Waals surface area contributed by atoms with Crippen molar-refractivity contribution < 1.29 is 4.79 Å². The first-order valence-electron chi connectivity index (χ1n) is 6.32. The SMILES string of the molecule is CC(C)NC(=O)C(C)Nc1nccc2c1ncn2C. The predicted molar refractivity (Wildman–Crippen MR) is 74.9 cm³/mol. The third kappa shape index (κ3) is 2.83. The standard InChI is InChI=1S/C13H19N5O/c1-8(2)16-13(19)9(3)17-12-11-10(5-6-14-12)18(4)7-15-11/h5-9H,1-4H3,(H,14,17)(H,16,19). The number of nitrogens with one attached hydrogen (secondary N) is 2. The monoisotopic (exact) mass is 261 g/mol. The van der Waals surface area contributed by atoms with Gasteiger partial charge in [0.2, 0.25) is 5.91 Å². The highest BCUT2D eigenvalue weighted by Crippen LogP contribution is 2.19. The number of fused-ring (bicyclic) bond motifs is 1. The summed E-state index contributed by atoms with van der Waals surface area (Å²) in [5, 5.41) is 5.97. The number of anilines is 1. The molecule has 2 heterocycles. The summed E-state index contributed by atoms with van der Waals surface area (Å²) in [6, 6.07) is 1.66. The highest BCUT2D eigenvalue weighted by Gasteiger charge is 2.16. The van der Waals surface area contributed by atoms with E-state index in [0.717, 1.165) is 11.0 Å². The molecule has 2 aromatic rings. The van der Waals surface area contributed by atoms with Crippen LogP contribution in [0.5, 0.6) is 0 Å². The van der Waals surface area contributed by atoms with Gasteiger partial charge in [-0.3, -0.25) is 4.79 Å². The summed E-state index contributed by atoms with van der Waals surface area (Å²) in [5.41, 5.74) is 1.75. The van der Waals surface area contributed by atoms with Crippen LogP contribution in [0.3, 0.4) is 0 Å². The number of imidazole rings is 1. The Morgan fingerprint density at radius 2 is 2.05 bits per heavy atom. The van der Waals surface area contributed by atoms with Gasteiger partial charge in [0, 0.05) is 19.3 Å². The van der Waals surface area contributed by atoms with Crippen LogP contribution in [0.2, 0.25) is 0 Å². The minimum atomic E-state index is -0.359. The Morgan fingerprint density at radius 3 is 2.74 bits per heavy atom. The van der Waals surface area contributed by atoms with Crippen LogP contribution in [-0.4, -0.2) is 32.5 Å². The fourth-order valence-electron chi connectivity index (χ4n) is 1.85. The van der Waals surface area contributed by atoms with Crippen molar-refractivity contribution in [1.29, 1.82) is 0 Å². The van der Waals surface area contributed by atoms with Crippen LogP contribution in [0.4, 0.5) is 5.82 Å². The summed E-state index contributed by atoms with van der Waals surface area (Å²) in [5.74, 6) is 0.578. The number of amides is 1. The van der Waals surface area contributed by atoms with Gasteiger partial charge in [-0.1, -0.05) is 0 Å². The fraction of sp³-hybridized carbons (Fsp3) is 0.462. The van der Waals surface area contributed by atoms with Crippen LogP contribution in [0, 0.1) is 0 Å². The number of hydrogen-bond acceptors (Lipinski definition) is 4. The van der Waals surface area contributed by atoms with Crippen LogP contribution in [0.15, 0.2) is 18.6 Å². The maximum Gasteiger partial charge on any atom is 0.242 e. The van der Waals surface area contributed by atoms with Crippen LogP contribution >= 0.6 is 0 Å². The van der Waals surface area contributed by atoms with Gasteiger partial charge >= 0.3 is 0 Å². The van der Waals surface area contributed by atoms with Gasteiger partial charge < -0.3 is 15.2 Å². The molecule has 0 saturated carbocycles. The lowest BCUT2D eigenvalue weighted by Crippen LogP contribution is -2.41. The summed E-state index contributed by atoms with van der Waals surface area (Å²) in [7, 11) is 1.92. The molecule has 2 rings (SSSR count). The summed E-state index contributed by atoms with van der Waals surface area (Å²) >= 11 is 0. The summed E-state index contributed by atoms with van der Waals surface area (Å²) < 4.78 is 1.92. The number of aryl methyl sites for hydroxylation is 1. The molecule has 6 nitrogen and oxygen atoms in total. The number of aromatic nitrogens is 3. The Hall–Kier alpha value is -2.11. The van der Waals surface area contributed by atoms with E-state index in [2.05, 4.69) is 20.6 Å². The Bertz CT molecular complexity index is 590. The average molecular weight is 261 g/mol. The first-order valence-corrected chi connectivity index (χ1v) is 6.32. The number of carbonyl (C=O) groups is 1. The second-order valence-electron chi connectivity index (χ2n) is 4.91. The van der Waals surface area contributed by atoms with Crippen molar-refractivity contribution in [2.45, 2.75) is 32.9 Å². The molecule has 1 atom stereocenters. The van der Waals surface area contributed by atoms with Gasteiger partial charge in [0.15, 0.2) is 5.82 Å². The van der Waals surface area contributed by atoms with E-state index in [1.807, 2.05) is 31.5 Å². The molecule has 2 aromatic heterocycles. The lowest BCUT2D eigenvalue weighted by atomic mass is 10.2. The molecule has 0 saturated heterocycles. The van der Waals surface area contributed by atoms with Crippen molar-refractivity contribution >= 4 is 22.8 Å². The highest BCUT2D eigenvalue weighted by atomic mass is 16.2. The normalized spacial score (nSPS) is 12.7. The number of carbonyl (C=O) groups excluding carboxylic acids is 1. The van der Waals surface area contributed by atoms with Gasteiger partial charge in [-0.25, -0.2) is 9.97 Å². The molecule has 0 aliphatic rings. The minimum Gasteiger partial charge on any atom is -0.357 e. The van der Waals surface area contributed by atoms with Crippen LogP contribution < -0.4 is 10.6 Å². The van der Waals surface area contributed by atoms with Crippen LogP contribution in [0.1, 0.15) is 20.8 Å². The number of rotatable bonds is 4. The third-order valence-electron chi connectivity index (χ3n) is 2.82. The van der Waals surface area contributed by atoms with E-state index in [1.165, 1.54) is 0 Å². The van der Waals surface area contributed by atoms with Crippen molar-refractivity contribution in [3.63, 3.8) is 0 Å². The summed E-state index contributed by atoms with van der Waals surface area (Å²) in [4.78, 5) is 20.4. The van der Waals surface area contributed by atoms with E-state index >= 15 is 0 Å². The number of nitrogens with zero attached hydrogens (tertiary/aromatic N) is 3. The third-order valence-corrected chi connectivity index (χ3v) is 2.82. The summed E-state index contributed by atoms with van der Waals surface area (Å²) in [6.45, 7) is 5.67. The minimum absolute atomic E-state index is 0.0512. The lowest BCUT2D eigenvalue weighted by molar-refractivity contribution is -0.122. The summed E-state index contributed by atoms with van der Waals surface area (Å²) in [6.07, 6.45) is 3.44. The first-order chi connectivity index (χ1) is 8.99. The molecular weight excluding hydrogens is 242 g/mol. The van der Waals surface area contributed by atoms with Crippen molar-refractivity contribution in [2.75, 3.05) is 5.32 Å². The van der Waals surface area contributed by atoms with Crippen molar-refractivity contribution in [1.82, 2.24) is 19.9 Å². The quantitative estimate of drug-likeness (QED) is 0.870. The second kappa shape index (κ2) is 5.26. The van der Waals surface area contributed by atoms with E-state index in [9.17, 15) is 4.79 Å². The molecule has 0 fully saturated rings. The largest absolute Gasteiger partial charge is 0.357 e. The molecule has 1 unspecified atom stereocenters. The van der Waals surface area contributed by atoms with E-state index in [4.69, 9.17) is 0 Å². The Balaban J connectivity index is 2.19. The molecule has 0 aliphatic carbocycles. The lowest BCUT2D eigenvalue weighted by Gasteiger charge is -2.16. The van der Waals surface area contributed by atoms with E-state index in [0.29, 0.717) is 5.82 Å². The molecular formula is C13H19N5O. The van der Waals surface area contributed by atoms with Gasteiger partial charge in [0.1, 0.15) is 11.6 Å². The first kappa shape index (κ1) is 13.3. The highest BCUT2D eigenvalue weighted by molar-refractivity contribution is 5.90. The van der Waals surface area contributed by atoms with Crippen molar-refractivity contribution in [2.24, 2.45) is 7.05 Å². The topological polar surface area (TPSA) is 71.8 Å². The molecule has 19 heavy (non-hydrogen) atoms. The molecule has 0 radical (unpaired) electrons. The van der Waals surface area contributed by atoms with Crippen LogP contribution in [0.25, 0.3) is 11.0 Å². The molecule has 0 aromatic carbocycles. The number of hydrogen-bond donors (Lipinski definition) is 2. The second-order valence-corrected chi connectivity index (χ2v) is 4.91. The maximum absolute atomic E-state index is 11.9. The van der Waals surface area contributed by atoms with Crippen molar-refractivity contribution in [3.05, 3.63) is 18.6 Å². The fourth-order valence-corrected chi connectivity index (χ4v) is 1.85.